The van der Waals surface area contributed by atoms with Gasteiger partial charge < -0.3 is 14.5 Å². The summed E-state index contributed by atoms with van der Waals surface area (Å²) in [5.41, 5.74) is 1.02. The van der Waals surface area contributed by atoms with Gasteiger partial charge in [0.2, 0.25) is 0 Å². The van der Waals surface area contributed by atoms with E-state index in [-0.39, 0.29) is 12.1 Å². The lowest BCUT2D eigenvalue weighted by molar-refractivity contribution is 0.0357. The summed E-state index contributed by atoms with van der Waals surface area (Å²) in [6.07, 6.45) is -0.194. The number of carbonyl (C=O) groups excluding carboxylic acids is 1. The van der Waals surface area contributed by atoms with Crippen LogP contribution in [0, 0.1) is 5.92 Å². The molecular weight excluding hydrogens is 252 g/mol. The second kappa shape index (κ2) is 6.75. The maximum absolute atomic E-state index is 12.3. The molecule has 4 nitrogen and oxygen atoms in total. The van der Waals surface area contributed by atoms with E-state index in [9.17, 15) is 4.79 Å². The van der Waals surface area contributed by atoms with Crippen molar-refractivity contribution in [2.24, 2.45) is 5.92 Å². The molecule has 1 saturated heterocycles. The van der Waals surface area contributed by atoms with E-state index >= 15 is 0 Å². The Kier molecular flexibility index (Phi) is 5.01. The molecule has 1 atom stereocenters. The number of hydrogen-bond donors (Lipinski definition) is 0. The maximum atomic E-state index is 12.3. The van der Waals surface area contributed by atoms with Crippen LogP contribution in [0.25, 0.3) is 0 Å². The largest absolute Gasteiger partial charge is 0.445 e. The molecule has 1 aliphatic rings. The van der Waals surface area contributed by atoms with Crippen molar-refractivity contribution in [2.75, 3.05) is 26.7 Å². The standard InChI is InChI=1S/C16H24N2O2/c1-13(2)15-11-17(3)9-10-18(15)16(19)20-12-14-7-5-4-6-8-14/h4-8,13,15H,9-12H2,1-3H3/t15-/m1/s1. The van der Waals surface area contributed by atoms with E-state index in [0.717, 1.165) is 25.2 Å². The minimum Gasteiger partial charge on any atom is -0.445 e. The number of amides is 1. The monoisotopic (exact) mass is 276 g/mol. The van der Waals surface area contributed by atoms with E-state index in [0.29, 0.717) is 12.5 Å². The molecule has 0 unspecified atom stereocenters. The van der Waals surface area contributed by atoms with Gasteiger partial charge in [0, 0.05) is 19.6 Å². The van der Waals surface area contributed by atoms with Crippen LogP contribution in [-0.2, 0) is 11.3 Å². The second-order valence-electron chi connectivity index (χ2n) is 5.81. The van der Waals surface area contributed by atoms with Gasteiger partial charge in [-0.15, -0.1) is 0 Å². The highest BCUT2D eigenvalue weighted by Gasteiger charge is 2.31. The van der Waals surface area contributed by atoms with Crippen LogP contribution in [0.15, 0.2) is 30.3 Å². The van der Waals surface area contributed by atoms with Crippen LogP contribution in [0.3, 0.4) is 0 Å². The summed E-state index contributed by atoms with van der Waals surface area (Å²) in [6.45, 7) is 7.22. The molecule has 1 fully saturated rings. The van der Waals surface area contributed by atoms with Crippen LogP contribution < -0.4 is 0 Å². The minimum atomic E-state index is -0.194. The summed E-state index contributed by atoms with van der Waals surface area (Å²) in [5.74, 6) is 0.432. The van der Waals surface area contributed by atoms with Crippen molar-refractivity contribution in [2.45, 2.75) is 26.5 Å². The number of likely N-dealkylation sites (N-methyl/N-ethyl adjacent to an activating group) is 1. The minimum absolute atomic E-state index is 0.194. The Morgan fingerprint density at radius 2 is 2.00 bits per heavy atom. The van der Waals surface area contributed by atoms with E-state index in [2.05, 4.69) is 25.8 Å². The lowest BCUT2D eigenvalue weighted by Gasteiger charge is -2.41. The van der Waals surface area contributed by atoms with Gasteiger partial charge >= 0.3 is 6.09 Å². The predicted octanol–water partition coefficient (Wildman–Crippen LogP) is 2.60. The van der Waals surface area contributed by atoms with Crippen LogP contribution in [-0.4, -0.2) is 48.6 Å². The van der Waals surface area contributed by atoms with Gasteiger partial charge in [0.05, 0.1) is 6.04 Å². The van der Waals surface area contributed by atoms with Gasteiger partial charge in [0.15, 0.2) is 0 Å². The molecule has 1 heterocycles. The zero-order chi connectivity index (χ0) is 14.5. The highest BCUT2D eigenvalue weighted by Crippen LogP contribution is 2.18. The number of ether oxygens (including phenoxy) is 1. The molecule has 0 aromatic heterocycles. The molecule has 0 N–H and O–H groups in total. The molecule has 0 radical (unpaired) electrons. The SMILES string of the molecule is CC(C)[C@H]1CN(C)CCN1C(=O)OCc1ccccc1. The third-order valence-corrected chi connectivity index (χ3v) is 3.83. The van der Waals surface area contributed by atoms with Gasteiger partial charge in [-0.25, -0.2) is 4.79 Å². The number of rotatable bonds is 3. The van der Waals surface area contributed by atoms with Gasteiger partial charge in [0.25, 0.3) is 0 Å². The van der Waals surface area contributed by atoms with E-state index in [4.69, 9.17) is 4.74 Å². The van der Waals surface area contributed by atoms with Crippen molar-refractivity contribution >= 4 is 6.09 Å². The molecule has 0 spiro atoms. The van der Waals surface area contributed by atoms with E-state index < -0.39 is 0 Å². The van der Waals surface area contributed by atoms with Crippen molar-refractivity contribution in [3.63, 3.8) is 0 Å². The van der Waals surface area contributed by atoms with Gasteiger partial charge in [-0.3, -0.25) is 0 Å². The maximum Gasteiger partial charge on any atom is 0.410 e. The molecule has 0 aliphatic carbocycles. The molecule has 1 aromatic rings. The van der Waals surface area contributed by atoms with Crippen molar-refractivity contribution < 1.29 is 9.53 Å². The van der Waals surface area contributed by atoms with E-state index in [1.807, 2.05) is 35.2 Å². The number of piperazine rings is 1. The van der Waals surface area contributed by atoms with Gasteiger partial charge in [-0.1, -0.05) is 44.2 Å². The zero-order valence-electron chi connectivity index (χ0n) is 12.6. The lowest BCUT2D eigenvalue weighted by atomic mass is 10.0. The summed E-state index contributed by atoms with van der Waals surface area (Å²) < 4.78 is 5.45. The lowest BCUT2D eigenvalue weighted by Crippen LogP contribution is -2.56. The molecule has 1 aromatic carbocycles. The topological polar surface area (TPSA) is 32.8 Å². The fourth-order valence-electron chi connectivity index (χ4n) is 2.55. The first-order valence-electron chi connectivity index (χ1n) is 7.24. The third kappa shape index (κ3) is 3.73. The first-order chi connectivity index (χ1) is 9.58. The third-order valence-electron chi connectivity index (χ3n) is 3.83. The Balaban J connectivity index is 1.93. The molecule has 0 bridgehead atoms. The molecule has 20 heavy (non-hydrogen) atoms. The normalized spacial score (nSPS) is 20.2. The van der Waals surface area contributed by atoms with Crippen LogP contribution in [0.1, 0.15) is 19.4 Å². The average Bonchev–Trinajstić information content (AvgIpc) is 2.45. The first kappa shape index (κ1) is 14.9. The average molecular weight is 276 g/mol. The molecule has 1 aliphatic heterocycles. The first-order valence-corrected chi connectivity index (χ1v) is 7.24. The number of nitrogens with zero attached hydrogens (tertiary/aromatic N) is 2. The van der Waals surface area contributed by atoms with Crippen molar-refractivity contribution in [1.29, 1.82) is 0 Å². The summed E-state index contributed by atoms with van der Waals surface area (Å²) >= 11 is 0. The molecule has 2 rings (SSSR count). The number of hydrogen-bond acceptors (Lipinski definition) is 3. The van der Waals surface area contributed by atoms with Crippen molar-refractivity contribution in [3.05, 3.63) is 35.9 Å². The van der Waals surface area contributed by atoms with Gasteiger partial charge in [-0.2, -0.15) is 0 Å². The Hall–Kier alpha value is -1.55. The molecular formula is C16H24N2O2. The Morgan fingerprint density at radius 3 is 2.65 bits per heavy atom. The van der Waals surface area contributed by atoms with Crippen LogP contribution >= 0.6 is 0 Å². The molecule has 1 amide bonds. The number of carbonyl (C=O) groups is 1. The predicted molar refractivity (Wildman–Crippen MR) is 79.5 cm³/mol. The summed E-state index contributed by atoms with van der Waals surface area (Å²) in [7, 11) is 2.10. The molecule has 4 heteroatoms. The fraction of sp³-hybridized carbons (Fsp3) is 0.562. The van der Waals surface area contributed by atoms with Gasteiger partial charge in [-0.05, 0) is 18.5 Å². The molecule has 0 saturated carbocycles. The van der Waals surface area contributed by atoms with Gasteiger partial charge in [0.1, 0.15) is 6.61 Å². The van der Waals surface area contributed by atoms with Crippen LogP contribution in [0.4, 0.5) is 4.79 Å². The van der Waals surface area contributed by atoms with E-state index in [1.165, 1.54) is 0 Å². The molecule has 110 valence electrons. The summed E-state index contributed by atoms with van der Waals surface area (Å²) in [5, 5.41) is 0. The summed E-state index contributed by atoms with van der Waals surface area (Å²) in [4.78, 5) is 16.4. The van der Waals surface area contributed by atoms with Crippen LogP contribution in [0.2, 0.25) is 0 Å². The highest BCUT2D eigenvalue weighted by molar-refractivity contribution is 5.68. The highest BCUT2D eigenvalue weighted by atomic mass is 16.6. The Morgan fingerprint density at radius 1 is 1.30 bits per heavy atom. The van der Waals surface area contributed by atoms with Crippen molar-refractivity contribution in [3.8, 4) is 0 Å². The van der Waals surface area contributed by atoms with E-state index in [1.54, 1.807) is 0 Å². The quantitative estimate of drug-likeness (QED) is 0.850. The Labute approximate surface area is 121 Å². The zero-order valence-corrected chi connectivity index (χ0v) is 12.6. The van der Waals surface area contributed by atoms with Crippen LogP contribution in [0.5, 0.6) is 0 Å². The smallest absolute Gasteiger partial charge is 0.410 e. The second-order valence-corrected chi connectivity index (χ2v) is 5.81. The van der Waals surface area contributed by atoms with Crippen molar-refractivity contribution in [1.82, 2.24) is 9.80 Å². The fourth-order valence-corrected chi connectivity index (χ4v) is 2.55. The summed E-state index contributed by atoms with van der Waals surface area (Å²) in [6, 6.07) is 10.0. The Bertz CT molecular complexity index is 433. The number of benzene rings is 1.